The van der Waals surface area contributed by atoms with Gasteiger partial charge in [-0.25, -0.2) is 0 Å². The summed E-state index contributed by atoms with van der Waals surface area (Å²) in [5.74, 6) is -1.76. The van der Waals surface area contributed by atoms with Crippen LogP contribution in [0.2, 0.25) is 0 Å². The lowest BCUT2D eigenvalue weighted by atomic mass is 10.2. The van der Waals surface area contributed by atoms with Crippen LogP contribution in [-0.2, 0) is 9.59 Å². The van der Waals surface area contributed by atoms with Gasteiger partial charge in [-0.15, -0.1) is 0 Å². The van der Waals surface area contributed by atoms with Crippen molar-refractivity contribution in [3.8, 4) is 0 Å². The fraction of sp³-hybridized carbons (Fsp3) is 0.750. The molecule has 8 N–H and O–H groups in total. The van der Waals surface area contributed by atoms with Gasteiger partial charge in [-0.2, -0.15) is 0 Å². The Morgan fingerprint density at radius 3 is 1.80 bits per heavy atom. The van der Waals surface area contributed by atoms with Crippen molar-refractivity contribution in [1.82, 2.24) is 0 Å². The molecule has 0 amide bonds. The summed E-state index contributed by atoms with van der Waals surface area (Å²) in [4.78, 5) is 19.6. The number of carboxylic acids is 2. The van der Waals surface area contributed by atoms with Crippen LogP contribution in [0, 0.1) is 0 Å². The first-order valence-electron chi connectivity index (χ1n) is 4.56. The SMILES string of the molecule is NCCC(N)C(=O)O.NCCCC(=O)O. The first-order chi connectivity index (χ1) is 6.95. The fourth-order valence-electron chi connectivity index (χ4n) is 0.556. The molecule has 1 atom stereocenters. The molecule has 0 aliphatic heterocycles. The van der Waals surface area contributed by atoms with Crippen LogP contribution in [0.15, 0.2) is 0 Å². The van der Waals surface area contributed by atoms with Crippen LogP contribution in [0.25, 0.3) is 0 Å². The number of aliphatic carboxylic acids is 2. The van der Waals surface area contributed by atoms with Gasteiger partial charge in [0.25, 0.3) is 0 Å². The average molecular weight is 221 g/mol. The van der Waals surface area contributed by atoms with E-state index in [0.717, 1.165) is 0 Å². The Balaban J connectivity index is 0. The van der Waals surface area contributed by atoms with E-state index < -0.39 is 18.0 Å². The molecule has 0 aromatic carbocycles. The standard InChI is InChI=1S/C4H10N2O2.C4H9NO2/c5-2-1-3(6)4(7)8;5-3-1-2-4(6)7/h3H,1-2,5-6H2,(H,7,8);1-3,5H2,(H,6,7). The molecular formula is C8H19N3O4. The summed E-state index contributed by atoms with van der Waals surface area (Å²) >= 11 is 0. The molecule has 1 unspecified atom stereocenters. The highest BCUT2D eigenvalue weighted by Gasteiger charge is 2.07. The summed E-state index contributed by atoms with van der Waals surface area (Å²) in [6.45, 7) is 0.791. The number of hydrogen-bond donors (Lipinski definition) is 5. The van der Waals surface area contributed by atoms with Gasteiger partial charge < -0.3 is 27.4 Å². The van der Waals surface area contributed by atoms with Gasteiger partial charge in [0.1, 0.15) is 6.04 Å². The molecule has 0 saturated carbocycles. The van der Waals surface area contributed by atoms with Gasteiger partial charge in [0.05, 0.1) is 0 Å². The Hall–Kier alpha value is -1.18. The van der Waals surface area contributed by atoms with Crippen LogP contribution in [0.5, 0.6) is 0 Å². The lowest BCUT2D eigenvalue weighted by Crippen LogP contribution is -2.32. The van der Waals surface area contributed by atoms with Crippen molar-refractivity contribution in [2.24, 2.45) is 17.2 Å². The van der Waals surface area contributed by atoms with Crippen molar-refractivity contribution in [3.05, 3.63) is 0 Å². The highest BCUT2D eigenvalue weighted by Crippen LogP contribution is 1.82. The molecule has 90 valence electrons. The Kier molecular flexibility index (Phi) is 11.8. The van der Waals surface area contributed by atoms with E-state index in [1.807, 2.05) is 0 Å². The van der Waals surface area contributed by atoms with Gasteiger partial charge in [-0.05, 0) is 25.9 Å². The van der Waals surface area contributed by atoms with Crippen molar-refractivity contribution in [3.63, 3.8) is 0 Å². The van der Waals surface area contributed by atoms with Gasteiger partial charge in [0.15, 0.2) is 0 Å². The topological polar surface area (TPSA) is 153 Å². The summed E-state index contributed by atoms with van der Waals surface area (Å²) in [5.41, 5.74) is 15.1. The molecule has 0 aliphatic rings. The quantitative estimate of drug-likeness (QED) is 0.368. The van der Waals surface area contributed by atoms with Crippen molar-refractivity contribution >= 4 is 11.9 Å². The van der Waals surface area contributed by atoms with Crippen LogP contribution in [0.4, 0.5) is 0 Å². The number of carboxylic acid groups (broad SMARTS) is 2. The monoisotopic (exact) mass is 221 g/mol. The van der Waals surface area contributed by atoms with E-state index in [1.54, 1.807) is 0 Å². The Morgan fingerprint density at radius 2 is 1.67 bits per heavy atom. The highest BCUT2D eigenvalue weighted by atomic mass is 16.4. The molecule has 0 aromatic heterocycles. The maximum absolute atomic E-state index is 9.91. The third-order valence-electron chi connectivity index (χ3n) is 1.39. The number of hydrogen-bond acceptors (Lipinski definition) is 5. The third kappa shape index (κ3) is 15.6. The molecular weight excluding hydrogens is 202 g/mol. The molecule has 0 heterocycles. The molecule has 0 rings (SSSR count). The molecule has 0 spiro atoms. The largest absolute Gasteiger partial charge is 0.481 e. The smallest absolute Gasteiger partial charge is 0.320 e. The minimum absolute atomic E-state index is 0.191. The highest BCUT2D eigenvalue weighted by molar-refractivity contribution is 5.72. The molecule has 0 bridgehead atoms. The Labute approximate surface area is 88.2 Å². The second kappa shape index (κ2) is 10.9. The van der Waals surface area contributed by atoms with Gasteiger partial charge >= 0.3 is 11.9 Å². The number of carbonyl (C=O) groups is 2. The maximum Gasteiger partial charge on any atom is 0.320 e. The first kappa shape index (κ1) is 16.3. The van der Waals surface area contributed by atoms with Gasteiger partial charge in [-0.3, -0.25) is 9.59 Å². The van der Waals surface area contributed by atoms with Crippen LogP contribution >= 0.6 is 0 Å². The lowest BCUT2D eigenvalue weighted by Gasteiger charge is -2.00. The molecule has 15 heavy (non-hydrogen) atoms. The summed E-state index contributed by atoms with van der Waals surface area (Å²) in [7, 11) is 0. The van der Waals surface area contributed by atoms with Crippen molar-refractivity contribution < 1.29 is 19.8 Å². The minimum atomic E-state index is -0.990. The fourth-order valence-corrected chi connectivity index (χ4v) is 0.556. The van der Waals surface area contributed by atoms with Gasteiger partial charge in [0.2, 0.25) is 0 Å². The molecule has 7 nitrogen and oxygen atoms in total. The predicted molar refractivity (Wildman–Crippen MR) is 55.2 cm³/mol. The van der Waals surface area contributed by atoms with Crippen LogP contribution < -0.4 is 17.2 Å². The van der Waals surface area contributed by atoms with Crippen LogP contribution in [0.3, 0.4) is 0 Å². The first-order valence-corrected chi connectivity index (χ1v) is 4.56. The van der Waals surface area contributed by atoms with Crippen molar-refractivity contribution in [2.45, 2.75) is 25.3 Å². The zero-order chi connectivity index (χ0) is 12.3. The van der Waals surface area contributed by atoms with E-state index >= 15 is 0 Å². The summed E-state index contributed by atoms with van der Waals surface area (Å²) in [5, 5.41) is 16.1. The van der Waals surface area contributed by atoms with Crippen LogP contribution in [0.1, 0.15) is 19.3 Å². The zero-order valence-electron chi connectivity index (χ0n) is 8.56. The molecule has 0 saturated heterocycles. The predicted octanol–water partition coefficient (Wildman–Crippen LogP) is -1.44. The van der Waals surface area contributed by atoms with E-state index in [9.17, 15) is 9.59 Å². The molecule has 0 radical (unpaired) electrons. The second-order valence-corrected chi connectivity index (χ2v) is 2.81. The zero-order valence-corrected chi connectivity index (χ0v) is 8.56. The Bertz CT molecular complexity index is 187. The second-order valence-electron chi connectivity index (χ2n) is 2.81. The maximum atomic E-state index is 9.91. The van der Waals surface area contributed by atoms with E-state index in [0.29, 0.717) is 25.9 Å². The summed E-state index contributed by atoms with van der Waals surface area (Å²) < 4.78 is 0. The number of nitrogens with two attached hydrogens (primary N) is 3. The van der Waals surface area contributed by atoms with Crippen molar-refractivity contribution in [1.29, 1.82) is 0 Å². The summed E-state index contributed by atoms with van der Waals surface area (Å²) in [6.07, 6.45) is 1.11. The lowest BCUT2D eigenvalue weighted by molar-refractivity contribution is -0.139. The Morgan fingerprint density at radius 1 is 1.13 bits per heavy atom. The third-order valence-corrected chi connectivity index (χ3v) is 1.39. The molecule has 0 fully saturated rings. The molecule has 0 aromatic rings. The van der Waals surface area contributed by atoms with Crippen molar-refractivity contribution in [2.75, 3.05) is 13.1 Å². The van der Waals surface area contributed by atoms with E-state index in [1.165, 1.54) is 0 Å². The van der Waals surface area contributed by atoms with E-state index in [-0.39, 0.29) is 6.42 Å². The van der Waals surface area contributed by atoms with Crippen LogP contribution in [-0.4, -0.2) is 41.3 Å². The normalized spacial score (nSPS) is 11.1. The van der Waals surface area contributed by atoms with E-state index in [4.69, 9.17) is 27.4 Å². The molecule has 0 aliphatic carbocycles. The summed E-state index contributed by atoms with van der Waals surface area (Å²) in [6, 6.07) is -0.792. The van der Waals surface area contributed by atoms with E-state index in [2.05, 4.69) is 0 Å². The molecule has 7 heteroatoms. The van der Waals surface area contributed by atoms with Gasteiger partial charge in [0, 0.05) is 6.42 Å². The average Bonchev–Trinajstić information content (AvgIpc) is 2.16. The minimum Gasteiger partial charge on any atom is -0.481 e. The van der Waals surface area contributed by atoms with Gasteiger partial charge in [-0.1, -0.05) is 0 Å². The number of rotatable bonds is 6.